The van der Waals surface area contributed by atoms with Gasteiger partial charge in [-0.25, -0.2) is 8.42 Å². The number of benzene rings is 1. The van der Waals surface area contributed by atoms with Crippen LogP contribution in [0, 0.1) is 20.8 Å². The van der Waals surface area contributed by atoms with Gasteiger partial charge in [0, 0.05) is 0 Å². The molecule has 0 aliphatic rings. The van der Waals surface area contributed by atoms with E-state index >= 15 is 0 Å². The van der Waals surface area contributed by atoms with E-state index in [4.69, 9.17) is 8.42 Å². The molecule has 0 atom stereocenters. The van der Waals surface area contributed by atoms with Crippen molar-refractivity contribution in [1.82, 2.24) is 0 Å². The number of aryl methyl sites for hydroxylation is 3. The second-order valence-corrected chi connectivity index (χ2v) is 2.92. The van der Waals surface area contributed by atoms with Crippen molar-refractivity contribution < 1.29 is 8.42 Å². The number of hydrogen-bond acceptors (Lipinski definition) is 2. The largest absolute Gasteiger partial charge is 0.235 e. The highest BCUT2D eigenvalue weighted by Crippen LogP contribution is 2.06. The molecule has 0 amide bonds. The van der Waals surface area contributed by atoms with Crippen molar-refractivity contribution in [2.75, 3.05) is 0 Å². The summed E-state index contributed by atoms with van der Waals surface area (Å²) in [6.07, 6.45) is 0. The average molecular weight is 296 g/mol. The van der Waals surface area contributed by atoms with Gasteiger partial charge in [0.25, 0.3) is 0 Å². The molecule has 0 aromatic heterocycles. The van der Waals surface area contributed by atoms with E-state index in [2.05, 4.69) is 39.0 Å². The quantitative estimate of drug-likeness (QED) is 0.737. The molecule has 1 rings (SSSR count). The monoisotopic (exact) mass is 294 g/mol. The van der Waals surface area contributed by atoms with Crippen LogP contribution in [0.15, 0.2) is 18.2 Å². The van der Waals surface area contributed by atoms with Gasteiger partial charge in [-0.2, -0.15) is 0 Å². The molecule has 0 radical (unpaired) electrons. The van der Waals surface area contributed by atoms with Crippen LogP contribution in [0.1, 0.15) is 16.7 Å². The number of rotatable bonds is 0. The van der Waals surface area contributed by atoms with E-state index in [1.54, 1.807) is 0 Å². The summed E-state index contributed by atoms with van der Waals surface area (Å²) in [5.74, 6) is 0. The zero-order valence-electron chi connectivity index (χ0n) is 8.77. The van der Waals surface area contributed by atoms with Gasteiger partial charge < -0.3 is 0 Å². The molecule has 0 N–H and O–H groups in total. The third-order valence-corrected chi connectivity index (χ3v) is 1.37. The van der Waals surface area contributed by atoms with Crippen molar-refractivity contribution in [3.63, 3.8) is 0 Å². The van der Waals surface area contributed by atoms with E-state index in [-0.39, 0.29) is 37.2 Å². The van der Waals surface area contributed by atoms with Gasteiger partial charge in [0.05, 0.1) is 0 Å². The second kappa shape index (κ2) is 14.0. The smallest absolute Gasteiger partial charge is 0.129 e. The molecule has 0 fully saturated rings. The van der Waals surface area contributed by atoms with E-state index in [0.29, 0.717) is 0 Å². The van der Waals surface area contributed by atoms with Gasteiger partial charge in [0.1, 0.15) is 11.6 Å². The molecule has 92 valence electrons. The molecule has 1 aromatic rings. The predicted octanol–water partition coefficient (Wildman–Crippen LogP) is 2.67. The summed E-state index contributed by atoms with van der Waals surface area (Å²) in [5, 5.41) is 0. The lowest BCUT2D eigenvalue weighted by atomic mass is 10.1. The van der Waals surface area contributed by atoms with Crippen LogP contribution in [0.25, 0.3) is 0 Å². The van der Waals surface area contributed by atoms with Gasteiger partial charge in [-0.1, -0.05) is 34.9 Å². The summed E-state index contributed by atoms with van der Waals surface area (Å²) in [7, 11) is 0. The molecule has 0 heterocycles. The summed E-state index contributed by atoms with van der Waals surface area (Å²) in [4.78, 5) is 0. The zero-order valence-corrected chi connectivity index (χ0v) is 12.2. The van der Waals surface area contributed by atoms with Crippen LogP contribution in [0.5, 0.6) is 0 Å². The standard InChI is InChI=1S/C9H12.3ClH.H2O2S/c1-7-4-8(2)6-9(3)5-7;;;;1-3-2/h4-6H,1-3H3;3*1H;3H2. The minimum atomic E-state index is -1.42. The Hall–Kier alpha value is 0.0400. The molecule has 0 spiro atoms. The lowest BCUT2D eigenvalue weighted by Gasteiger charge is -1.96. The van der Waals surface area contributed by atoms with Gasteiger partial charge in [0.15, 0.2) is 0 Å². The van der Waals surface area contributed by atoms with Crippen molar-refractivity contribution in [1.29, 1.82) is 0 Å². The maximum Gasteiger partial charge on any atom is 0.129 e. The maximum absolute atomic E-state index is 8.40. The summed E-state index contributed by atoms with van der Waals surface area (Å²) < 4.78 is 16.8. The Balaban J connectivity index is -0.0000000917. The second-order valence-electron chi connectivity index (χ2n) is 2.75. The van der Waals surface area contributed by atoms with E-state index in [1.165, 1.54) is 16.7 Å². The van der Waals surface area contributed by atoms with Gasteiger partial charge in [0.2, 0.25) is 0 Å². The Kier molecular flexibility index (Phi) is 22.8. The van der Waals surface area contributed by atoms with Crippen molar-refractivity contribution in [2.24, 2.45) is 0 Å². The fourth-order valence-electron chi connectivity index (χ4n) is 1.20. The Labute approximate surface area is 113 Å². The SMILES string of the molecule is Cc1cc(C)cc(C)c1.Cl.Cl.Cl.O=[SH2]=O. The third kappa shape index (κ3) is 14.0. The topological polar surface area (TPSA) is 34.1 Å². The van der Waals surface area contributed by atoms with Gasteiger partial charge in [-0.3, -0.25) is 0 Å². The molecule has 15 heavy (non-hydrogen) atoms. The Morgan fingerprint density at radius 3 is 1.00 bits per heavy atom. The van der Waals surface area contributed by atoms with E-state index in [1.807, 2.05) is 0 Å². The molecule has 0 saturated heterocycles. The van der Waals surface area contributed by atoms with Crippen LogP contribution in [-0.4, -0.2) is 8.42 Å². The molecule has 0 unspecified atom stereocenters. The van der Waals surface area contributed by atoms with Crippen molar-refractivity contribution in [2.45, 2.75) is 20.8 Å². The highest BCUT2D eigenvalue weighted by atomic mass is 35.5. The summed E-state index contributed by atoms with van der Waals surface area (Å²) >= 11 is -1.42. The molecule has 0 aliphatic carbocycles. The van der Waals surface area contributed by atoms with Crippen molar-refractivity contribution in [3.05, 3.63) is 34.9 Å². The minimum Gasteiger partial charge on any atom is -0.235 e. The molecule has 1 aromatic carbocycles. The lowest BCUT2D eigenvalue weighted by molar-refractivity contribution is 0.630. The normalized spacial score (nSPS) is 6.87. The first kappa shape index (κ1) is 24.3. The van der Waals surface area contributed by atoms with Crippen LogP contribution >= 0.6 is 37.2 Å². The summed E-state index contributed by atoms with van der Waals surface area (Å²) in [5.41, 5.74) is 4.06. The number of halogens is 3. The third-order valence-electron chi connectivity index (χ3n) is 1.37. The predicted molar refractivity (Wildman–Crippen MR) is 74.1 cm³/mol. The summed E-state index contributed by atoms with van der Waals surface area (Å²) in [6.45, 7) is 6.38. The molecule has 6 heteroatoms. The van der Waals surface area contributed by atoms with Crippen LogP contribution in [-0.2, 0) is 11.6 Å². The molecule has 0 aliphatic heterocycles. The van der Waals surface area contributed by atoms with Crippen molar-refractivity contribution in [3.8, 4) is 0 Å². The van der Waals surface area contributed by atoms with E-state index in [9.17, 15) is 0 Å². The lowest BCUT2D eigenvalue weighted by Crippen LogP contribution is -1.78. The molecule has 2 nitrogen and oxygen atoms in total. The summed E-state index contributed by atoms with van der Waals surface area (Å²) in [6, 6.07) is 6.56. The average Bonchev–Trinajstić information content (AvgIpc) is 1.84. The first-order valence-corrected chi connectivity index (χ1v) is 4.46. The molecule has 0 saturated carbocycles. The van der Waals surface area contributed by atoms with Crippen LogP contribution in [0.3, 0.4) is 0 Å². The number of hydrogen-bond donors (Lipinski definition) is 0. The fourth-order valence-corrected chi connectivity index (χ4v) is 1.20. The molecular formula is C9H17Cl3O2S. The van der Waals surface area contributed by atoms with Crippen LogP contribution in [0.4, 0.5) is 0 Å². The first-order valence-electron chi connectivity index (χ1n) is 3.64. The van der Waals surface area contributed by atoms with Gasteiger partial charge in [-0.15, -0.1) is 37.2 Å². The van der Waals surface area contributed by atoms with Crippen LogP contribution in [0.2, 0.25) is 0 Å². The molecular weight excluding hydrogens is 279 g/mol. The minimum absolute atomic E-state index is 0. The van der Waals surface area contributed by atoms with Crippen molar-refractivity contribution >= 4 is 48.8 Å². The first-order chi connectivity index (χ1) is 5.60. The molecule has 0 bridgehead atoms. The fraction of sp³-hybridized carbons (Fsp3) is 0.333. The Bertz CT molecular complexity index is 249. The highest BCUT2D eigenvalue weighted by Gasteiger charge is 1.87. The highest BCUT2D eigenvalue weighted by molar-refractivity contribution is 7.51. The maximum atomic E-state index is 8.40. The zero-order chi connectivity index (χ0) is 9.56. The van der Waals surface area contributed by atoms with Gasteiger partial charge in [-0.05, 0) is 20.8 Å². The van der Waals surface area contributed by atoms with E-state index < -0.39 is 11.6 Å². The van der Waals surface area contributed by atoms with Gasteiger partial charge >= 0.3 is 0 Å². The Morgan fingerprint density at radius 1 is 0.733 bits per heavy atom. The Morgan fingerprint density at radius 2 is 0.867 bits per heavy atom. The van der Waals surface area contributed by atoms with Crippen LogP contribution < -0.4 is 0 Å². The van der Waals surface area contributed by atoms with E-state index in [0.717, 1.165) is 0 Å².